The molecular formula is C12H12O4. The Labute approximate surface area is 92.5 Å². The average molecular weight is 220 g/mol. The zero-order valence-corrected chi connectivity index (χ0v) is 8.69. The van der Waals surface area contributed by atoms with Gasteiger partial charge in [0.25, 0.3) is 0 Å². The van der Waals surface area contributed by atoms with Crippen molar-refractivity contribution < 1.29 is 19.8 Å². The molecule has 0 heterocycles. The minimum Gasteiger partial charge on any atom is -0.478 e. The fraction of sp³-hybridized carbons (Fsp3) is 0.333. The zero-order chi connectivity index (χ0) is 11.7. The highest BCUT2D eigenvalue weighted by Crippen LogP contribution is 2.26. The van der Waals surface area contributed by atoms with Crippen LogP contribution in [0.2, 0.25) is 0 Å². The molecule has 0 atom stereocenters. The zero-order valence-electron chi connectivity index (χ0n) is 8.69. The molecule has 1 aromatic carbocycles. The third-order valence-corrected chi connectivity index (χ3v) is 2.97. The first kappa shape index (κ1) is 10.7. The number of rotatable bonds is 2. The van der Waals surface area contributed by atoms with Crippen molar-refractivity contribution in [3.63, 3.8) is 0 Å². The van der Waals surface area contributed by atoms with Gasteiger partial charge in [0.15, 0.2) is 0 Å². The Morgan fingerprint density at radius 3 is 2.31 bits per heavy atom. The fourth-order valence-corrected chi connectivity index (χ4v) is 2.25. The number of hydrogen-bond acceptors (Lipinski definition) is 2. The normalized spacial score (nSPS) is 14.2. The molecular weight excluding hydrogens is 208 g/mol. The van der Waals surface area contributed by atoms with Gasteiger partial charge in [-0.1, -0.05) is 6.07 Å². The van der Waals surface area contributed by atoms with E-state index in [0.717, 1.165) is 18.4 Å². The van der Waals surface area contributed by atoms with E-state index in [1.54, 1.807) is 6.07 Å². The summed E-state index contributed by atoms with van der Waals surface area (Å²) in [6.07, 6.45) is 3.01. The number of carbonyl (C=O) groups is 2. The van der Waals surface area contributed by atoms with Crippen LogP contribution in [0.5, 0.6) is 0 Å². The van der Waals surface area contributed by atoms with Gasteiger partial charge in [-0.15, -0.1) is 0 Å². The maximum atomic E-state index is 11.2. The van der Waals surface area contributed by atoms with Crippen LogP contribution in [0, 0.1) is 0 Å². The van der Waals surface area contributed by atoms with E-state index in [1.807, 2.05) is 0 Å². The molecule has 0 fully saturated rings. The summed E-state index contributed by atoms with van der Waals surface area (Å²) < 4.78 is 0. The lowest BCUT2D eigenvalue weighted by Gasteiger charge is -2.10. The quantitative estimate of drug-likeness (QED) is 0.798. The van der Waals surface area contributed by atoms with Gasteiger partial charge in [0.2, 0.25) is 0 Å². The van der Waals surface area contributed by atoms with Crippen LogP contribution in [-0.4, -0.2) is 22.2 Å². The molecule has 0 aromatic heterocycles. The average Bonchev–Trinajstić information content (AvgIpc) is 2.36. The molecule has 0 amide bonds. The minimum absolute atomic E-state index is 0.128. The van der Waals surface area contributed by atoms with Crippen LogP contribution in [0.15, 0.2) is 12.1 Å². The van der Waals surface area contributed by atoms with E-state index in [9.17, 15) is 9.59 Å². The number of aromatic carboxylic acids is 2. The van der Waals surface area contributed by atoms with Crippen LogP contribution < -0.4 is 0 Å². The molecule has 1 aromatic rings. The van der Waals surface area contributed by atoms with Gasteiger partial charge in [0.05, 0.1) is 11.1 Å². The molecule has 0 unspecified atom stereocenters. The third kappa shape index (κ3) is 1.66. The van der Waals surface area contributed by atoms with E-state index < -0.39 is 11.9 Å². The van der Waals surface area contributed by atoms with Crippen molar-refractivity contribution in [1.82, 2.24) is 0 Å². The molecule has 1 aliphatic rings. The van der Waals surface area contributed by atoms with Crippen LogP contribution in [0.25, 0.3) is 0 Å². The molecule has 0 saturated heterocycles. The van der Waals surface area contributed by atoms with Gasteiger partial charge in [-0.3, -0.25) is 0 Å². The topological polar surface area (TPSA) is 74.6 Å². The van der Waals surface area contributed by atoms with Crippen molar-refractivity contribution in [3.8, 4) is 0 Å². The van der Waals surface area contributed by atoms with Crippen LogP contribution in [0.4, 0.5) is 0 Å². The van der Waals surface area contributed by atoms with Crippen LogP contribution in [0.3, 0.4) is 0 Å². The van der Waals surface area contributed by atoms with E-state index in [-0.39, 0.29) is 11.1 Å². The maximum Gasteiger partial charge on any atom is 0.336 e. The van der Waals surface area contributed by atoms with E-state index >= 15 is 0 Å². The first-order valence-electron chi connectivity index (χ1n) is 5.22. The van der Waals surface area contributed by atoms with Crippen LogP contribution in [-0.2, 0) is 12.8 Å². The molecule has 2 N–H and O–H groups in total. The molecule has 2 bridgehead atoms. The molecule has 0 spiro atoms. The Kier molecular flexibility index (Phi) is 2.64. The Bertz CT molecular complexity index is 462. The lowest BCUT2D eigenvalue weighted by Crippen LogP contribution is -2.11. The monoisotopic (exact) mass is 220 g/mol. The predicted octanol–water partition coefficient (Wildman–Crippen LogP) is 1.96. The minimum atomic E-state index is -1.05. The first-order chi connectivity index (χ1) is 7.61. The predicted molar refractivity (Wildman–Crippen MR) is 57.0 cm³/mol. The van der Waals surface area contributed by atoms with E-state index in [1.165, 1.54) is 6.07 Å². The Balaban J connectivity index is 2.69. The molecule has 0 aliphatic heterocycles. The fourth-order valence-electron chi connectivity index (χ4n) is 2.25. The second-order valence-electron chi connectivity index (χ2n) is 3.94. The van der Waals surface area contributed by atoms with Gasteiger partial charge >= 0.3 is 11.9 Å². The maximum absolute atomic E-state index is 11.2. The summed E-state index contributed by atoms with van der Waals surface area (Å²) in [5.41, 5.74) is 1.57. The smallest absolute Gasteiger partial charge is 0.336 e. The van der Waals surface area contributed by atoms with Crippen molar-refractivity contribution in [2.75, 3.05) is 0 Å². The second-order valence-corrected chi connectivity index (χ2v) is 3.94. The number of fused-ring (bicyclic) bond motifs is 2. The van der Waals surface area contributed by atoms with Crippen molar-refractivity contribution in [3.05, 3.63) is 34.4 Å². The molecule has 84 valence electrons. The molecule has 4 nitrogen and oxygen atoms in total. The second kappa shape index (κ2) is 3.96. The van der Waals surface area contributed by atoms with Gasteiger partial charge in [0, 0.05) is 0 Å². The van der Waals surface area contributed by atoms with Crippen LogP contribution in [0.1, 0.15) is 44.7 Å². The number of carboxylic acids is 2. The lowest BCUT2D eigenvalue weighted by molar-refractivity contribution is 0.0695. The van der Waals surface area contributed by atoms with Gasteiger partial charge < -0.3 is 10.2 Å². The summed E-state index contributed by atoms with van der Waals surface area (Å²) in [5.74, 6) is -2.07. The Morgan fingerprint density at radius 2 is 1.69 bits per heavy atom. The third-order valence-electron chi connectivity index (χ3n) is 2.97. The highest BCUT2D eigenvalue weighted by Gasteiger charge is 2.23. The van der Waals surface area contributed by atoms with Crippen molar-refractivity contribution in [1.29, 1.82) is 0 Å². The van der Waals surface area contributed by atoms with E-state index in [4.69, 9.17) is 10.2 Å². The summed E-state index contributed by atoms with van der Waals surface area (Å²) in [6.45, 7) is 0. The molecule has 1 aliphatic carbocycles. The van der Waals surface area contributed by atoms with Gasteiger partial charge in [-0.25, -0.2) is 9.59 Å². The van der Waals surface area contributed by atoms with E-state index in [2.05, 4.69) is 0 Å². The van der Waals surface area contributed by atoms with Gasteiger partial charge in [-0.2, -0.15) is 0 Å². The van der Waals surface area contributed by atoms with Crippen LogP contribution >= 0.6 is 0 Å². The summed E-state index contributed by atoms with van der Waals surface area (Å²) in [4.78, 5) is 22.2. The summed E-state index contributed by atoms with van der Waals surface area (Å²) in [6, 6.07) is 3.15. The number of aryl methyl sites for hydroxylation is 1. The molecule has 4 heteroatoms. The highest BCUT2D eigenvalue weighted by atomic mass is 16.4. The lowest BCUT2D eigenvalue weighted by atomic mass is 9.95. The standard InChI is InChI=1S/C12H12O4/c13-11(14)9-6-5-7-3-1-2-4-8(9)10(7)12(15)16/h5-6H,1-4H2,(H,13,14)(H,15,16). The first-order valence-corrected chi connectivity index (χ1v) is 5.22. The summed E-state index contributed by atoms with van der Waals surface area (Å²) >= 11 is 0. The molecule has 0 saturated carbocycles. The van der Waals surface area contributed by atoms with Crippen molar-refractivity contribution in [2.45, 2.75) is 25.7 Å². The summed E-state index contributed by atoms with van der Waals surface area (Å²) in [7, 11) is 0. The van der Waals surface area contributed by atoms with Gasteiger partial charge in [0.1, 0.15) is 0 Å². The van der Waals surface area contributed by atoms with E-state index in [0.29, 0.717) is 18.4 Å². The largest absolute Gasteiger partial charge is 0.478 e. The number of carboxylic acid groups (broad SMARTS) is 2. The van der Waals surface area contributed by atoms with Crippen molar-refractivity contribution in [2.24, 2.45) is 0 Å². The molecule has 2 rings (SSSR count). The molecule has 0 radical (unpaired) electrons. The number of benzene rings is 1. The SMILES string of the molecule is O=C(O)c1ccc2c(C(=O)O)c1CCCC2. The molecule has 16 heavy (non-hydrogen) atoms. The Hall–Kier alpha value is -1.84. The van der Waals surface area contributed by atoms with Crippen molar-refractivity contribution >= 4 is 11.9 Å². The summed E-state index contributed by atoms with van der Waals surface area (Å²) in [5, 5.41) is 18.2. The Morgan fingerprint density at radius 1 is 1.00 bits per heavy atom. The number of hydrogen-bond donors (Lipinski definition) is 2. The highest BCUT2D eigenvalue weighted by molar-refractivity contribution is 5.97. The van der Waals surface area contributed by atoms with Gasteiger partial charge in [-0.05, 0) is 42.9 Å².